The van der Waals surface area contributed by atoms with E-state index in [1.807, 2.05) is 4.90 Å². The fourth-order valence-corrected chi connectivity index (χ4v) is 3.05. The van der Waals surface area contributed by atoms with Crippen molar-refractivity contribution < 1.29 is 9.72 Å². The van der Waals surface area contributed by atoms with Crippen molar-refractivity contribution in [1.82, 2.24) is 4.90 Å². The molecule has 0 bridgehead atoms. The number of rotatable bonds is 2. The molecule has 2 atom stereocenters. The molecule has 5 nitrogen and oxygen atoms in total. The van der Waals surface area contributed by atoms with Crippen LogP contribution in [-0.2, 0) is 0 Å². The van der Waals surface area contributed by atoms with Crippen LogP contribution in [0.1, 0.15) is 36.2 Å². The highest BCUT2D eigenvalue weighted by molar-refractivity contribution is 5.96. The third kappa shape index (κ3) is 2.81. The second-order valence-electron chi connectivity index (χ2n) is 5.86. The van der Waals surface area contributed by atoms with Crippen molar-refractivity contribution >= 4 is 11.6 Å². The van der Waals surface area contributed by atoms with Crippen molar-refractivity contribution in [3.8, 4) is 0 Å². The van der Waals surface area contributed by atoms with Crippen LogP contribution < -0.4 is 0 Å². The van der Waals surface area contributed by atoms with Gasteiger partial charge in [-0.15, -0.1) is 0 Å². The summed E-state index contributed by atoms with van der Waals surface area (Å²) in [4.78, 5) is 24.9. The molecular formula is C15H20N2O3. The molecule has 0 radical (unpaired) electrons. The number of nitrogens with zero attached hydrogens (tertiary/aromatic N) is 2. The zero-order chi connectivity index (χ0) is 14.9. The van der Waals surface area contributed by atoms with E-state index in [1.165, 1.54) is 6.07 Å². The first-order chi connectivity index (χ1) is 9.40. The summed E-state index contributed by atoms with van der Waals surface area (Å²) in [6.07, 6.45) is 1.12. The number of likely N-dealkylation sites (tertiary alicyclic amines) is 1. The van der Waals surface area contributed by atoms with Gasteiger partial charge in [-0.25, -0.2) is 0 Å². The number of benzene rings is 1. The molecule has 1 heterocycles. The summed E-state index contributed by atoms with van der Waals surface area (Å²) in [5, 5.41) is 11.0. The molecule has 0 aliphatic carbocycles. The summed E-state index contributed by atoms with van der Waals surface area (Å²) in [6, 6.07) is 4.69. The van der Waals surface area contributed by atoms with E-state index in [0.29, 0.717) is 23.0 Å². The monoisotopic (exact) mass is 276 g/mol. The largest absolute Gasteiger partial charge is 0.338 e. The number of nitro groups is 1. The van der Waals surface area contributed by atoms with Crippen molar-refractivity contribution in [2.75, 3.05) is 13.1 Å². The number of carbonyl (C=O) groups is 1. The molecule has 0 saturated carbocycles. The lowest BCUT2D eigenvalue weighted by molar-refractivity contribution is -0.385. The Morgan fingerprint density at radius 1 is 1.30 bits per heavy atom. The Balaban J connectivity index is 2.29. The molecule has 1 aliphatic rings. The summed E-state index contributed by atoms with van der Waals surface area (Å²) < 4.78 is 0. The number of hydrogen-bond donors (Lipinski definition) is 0. The highest BCUT2D eigenvalue weighted by Gasteiger charge is 2.28. The number of piperidine rings is 1. The van der Waals surface area contributed by atoms with E-state index in [4.69, 9.17) is 0 Å². The maximum Gasteiger partial charge on any atom is 0.273 e. The molecule has 20 heavy (non-hydrogen) atoms. The molecule has 0 unspecified atom stereocenters. The van der Waals surface area contributed by atoms with E-state index in [-0.39, 0.29) is 11.6 Å². The van der Waals surface area contributed by atoms with Crippen LogP contribution in [0.15, 0.2) is 18.2 Å². The smallest absolute Gasteiger partial charge is 0.273 e. The van der Waals surface area contributed by atoms with Crippen molar-refractivity contribution in [1.29, 1.82) is 0 Å². The Kier molecular flexibility index (Phi) is 4.06. The average molecular weight is 276 g/mol. The molecule has 1 fully saturated rings. The van der Waals surface area contributed by atoms with Gasteiger partial charge in [-0.05, 0) is 31.2 Å². The van der Waals surface area contributed by atoms with Gasteiger partial charge in [-0.2, -0.15) is 0 Å². The summed E-state index contributed by atoms with van der Waals surface area (Å²) in [7, 11) is 0. The highest BCUT2D eigenvalue weighted by atomic mass is 16.6. The predicted molar refractivity (Wildman–Crippen MR) is 76.7 cm³/mol. The number of hydrogen-bond acceptors (Lipinski definition) is 3. The van der Waals surface area contributed by atoms with Crippen molar-refractivity contribution in [3.05, 3.63) is 39.4 Å². The van der Waals surface area contributed by atoms with Crippen LogP contribution in [0.4, 0.5) is 5.69 Å². The van der Waals surface area contributed by atoms with Crippen molar-refractivity contribution in [2.24, 2.45) is 11.8 Å². The van der Waals surface area contributed by atoms with Crippen molar-refractivity contribution in [2.45, 2.75) is 27.2 Å². The summed E-state index contributed by atoms with van der Waals surface area (Å²) in [5.74, 6) is 0.855. The van der Waals surface area contributed by atoms with Crippen LogP contribution in [0.5, 0.6) is 0 Å². The minimum atomic E-state index is -0.437. The van der Waals surface area contributed by atoms with Crippen LogP contribution in [-0.4, -0.2) is 28.8 Å². The van der Waals surface area contributed by atoms with Crippen LogP contribution in [0.3, 0.4) is 0 Å². The third-order valence-electron chi connectivity index (χ3n) is 3.89. The maximum absolute atomic E-state index is 12.6. The van der Waals surface area contributed by atoms with Gasteiger partial charge in [0, 0.05) is 30.3 Å². The second kappa shape index (κ2) is 5.61. The minimum Gasteiger partial charge on any atom is -0.338 e. The molecule has 1 saturated heterocycles. The number of amides is 1. The van der Waals surface area contributed by atoms with Crippen LogP contribution in [0.2, 0.25) is 0 Å². The van der Waals surface area contributed by atoms with Crippen LogP contribution >= 0.6 is 0 Å². The van der Waals surface area contributed by atoms with Gasteiger partial charge in [-0.3, -0.25) is 14.9 Å². The van der Waals surface area contributed by atoms with Gasteiger partial charge in [0.15, 0.2) is 0 Å². The molecule has 2 rings (SSSR count). The molecule has 5 heteroatoms. The lowest BCUT2D eigenvalue weighted by Crippen LogP contribution is -2.42. The molecule has 108 valence electrons. The summed E-state index contributed by atoms with van der Waals surface area (Å²) >= 11 is 0. The lowest BCUT2D eigenvalue weighted by Gasteiger charge is -2.35. The Bertz CT molecular complexity index is 532. The standard InChI is InChI=1S/C15H20N2O3/c1-10-7-11(2)9-16(8-10)15(18)13-5-4-6-14(12(13)3)17(19)20/h4-6,10-11H,7-9H2,1-3H3/t10-,11-/m0/s1. The molecule has 1 aromatic carbocycles. The first-order valence-electron chi connectivity index (χ1n) is 6.93. The first kappa shape index (κ1) is 14.5. The predicted octanol–water partition coefficient (Wildman–Crippen LogP) is 3.02. The van der Waals surface area contributed by atoms with Gasteiger partial charge in [-0.1, -0.05) is 19.9 Å². The van der Waals surface area contributed by atoms with Gasteiger partial charge in [0.1, 0.15) is 0 Å². The summed E-state index contributed by atoms with van der Waals surface area (Å²) in [5.41, 5.74) is 0.905. The Hall–Kier alpha value is -1.91. The topological polar surface area (TPSA) is 63.5 Å². The first-order valence-corrected chi connectivity index (χ1v) is 6.93. The van der Waals surface area contributed by atoms with Crippen LogP contribution in [0, 0.1) is 28.9 Å². The quantitative estimate of drug-likeness (QED) is 0.616. The molecule has 0 spiro atoms. The SMILES string of the molecule is Cc1c(C(=O)N2C[C@@H](C)C[C@H](C)C2)cccc1[N+](=O)[O-]. The van der Waals surface area contributed by atoms with Crippen LogP contribution in [0.25, 0.3) is 0 Å². The van der Waals surface area contributed by atoms with Gasteiger partial charge >= 0.3 is 0 Å². The normalized spacial score (nSPS) is 22.6. The third-order valence-corrected chi connectivity index (χ3v) is 3.89. The zero-order valence-corrected chi connectivity index (χ0v) is 12.1. The maximum atomic E-state index is 12.6. The van der Waals surface area contributed by atoms with E-state index >= 15 is 0 Å². The van der Waals surface area contributed by atoms with Gasteiger partial charge < -0.3 is 4.90 Å². The lowest BCUT2D eigenvalue weighted by atomic mass is 9.91. The number of nitro benzene ring substituents is 1. The Morgan fingerprint density at radius 3 is 2.45 bits per heavy atom. The van der Waals surface area contributed by atoms with E-state index in [2.05, 4.69) is 13.8 Å². The Labute approximate surface area is 118 Å². The molecule has 1 aliphatic heterocycles. The van der Waals surface area contributed by atoms with Gasteiger partial charge in [0.25, 0.3) is 11.6 Å². The van der Waals surface area contributed by atoms with Gasteiger partial charge in [0.05, 0.1) is 4.92 Å². The van der Waals surface area contributed by atoms with Crippen molar-refractivity contribution in [3.63, 3.8) is 0 Å². The van der Waals surface area contributed by atoms with E-state index < -0.39 is 4.92 Å². The zero-order valence-electron chi connectivity index (χ0n) is 12.1. The van der Waals surface area contributed by atoms with Gasteiger partial charge in [0.2, 0.25) is 0 Å². The minimum absolute atomic E-state index is 0.00829. The molecular weight excluding hydrogens is 256 g/mol. The molecule has 0 N–H and O–H groups in total. The van der Waals surface area contributed by atoms with E-state index in [9.17, 15) is 14.9 Å². The highest BCUT2D eigenvalue weighted by Crippen LogP contribution is 2.26. The van der Waals surface area contributed by atoms with E-state index in [1.54, 1.807) is 19.1 Å². The second-order valence-corrected chi connectivity index (χ2v) is 5.86. The fraction of sp³-hybridized carbons (Fsp3) is 0.533. The fourth-order valence-electron chi connectivity index (χ4n) is 3.05. The summed E-state index contributed by atoms with van der Waals surface area (Å²) in [6.45, 7) is 7.37. The molecule has 0 aromatic heterocycles. The Morgan fingerprint density at radius 2 is 1.90 bits per heavy atom. The number of carbonyl (C=O) groups excluding carboxylic acids is 1. The molecule has 1 amide bonds. The average Bonchev–Trinajstić information content (AvgIpc) is 2.36. The molecule has 1 aromatic rings. The van der Waals surface area contributed by atoms with E-state index in [0.717, 1.165) is 19.5 Å².